The van der Waals surface area contributed by atoms with Crippen LogP contribution < -0.4 is 0 Å². The summed E-state index contributed by atoms with van der Waals surface area (Å²) < 4.78 is 20.4. The summed E-state index contributed by atoms with van der Waals surface area (Å²) in [4.78, 5) is 50.9. The summed E-state index contributed by atoms with van der Waals surface area (Å²) >= 11 is 5.95. The lowest BCUT2D eigenvalue weighted by Gasteiger charge is -2.28. The van der Waals surface area contributed by atoms with E-state index in [1.54, 1.807) is 27.7 Å². The minimum Gasteiger partial charge on any atom is -0.465 e. The minimum absolute atomic E-state index is 0.0372. The summed E-state index contributed by atoms with van der Waals surface area (Å²) in [7, 11) is 0. The zero-order chi connectivity index (χ0) is 25.5. The van der Waals surface area contributed by atoms with Crippen LogP contribution in [0.15, 0.2) is 23.8 Å². The first kappa shape index (κ1) is 30.2. The molecule has 184 valence electrons. The Bertz CT molecular complexity index is 742. The molecule has 0 atom stereocenters. The maximum atomic E-state index is 12.8. The SMILES string of the molecule is C#CCC(C/C=C/CC(CC(=C)Cl)(C(=O)OCC)C(=O)OCC)(C(=O)OCC)C(=O)OCC. The molecule has 0 aliphatic carbocycles. The Morgan fingerprint density at radius 2 is 1.12 bits per heavy atom. The third-order valence-electron chi connectivity index (χ3n) is 4.66. The second kappa shape index (κ2) is 15.1. The smallest absolute Gasteiger partial charge is 0.324 e. The third kappa shape index (κ3) is 8.25. The van der Waals surface area contributed by atoms with Crippen LogP contribution in [0.1, 0.15) is 53.4 Å². The van der Waals surface area contributed by atoms with E-state index in [-0.39, 0.29) is 57.1 Å². The van der Waals surface area contributed by atoms with Crippen molar-refractivity contribution in [3.05, 3.63) is 23.8 Å². The maximum absolute atomic E-state index is 12.8. The molecule has 0 aromatic heterocycles. The van der Waals surface area contributed by atoms with Gasteiger partial charge in [-0.05, 0) is 40.5 Å². The standard InChI is InChI=1S/C24H33ClO8/c1-7-14-23(19(26)30-8-2,20(27)31-9-3)15-12-13-16-24(17-18(6)25,21(28)32-10-4)22(29)33-11-5/h1,12-13H,6,8-11,14-17H2,2-5H3/b13-12+. The molecule has 0 spiro atoms. The predicted molar refractivity (Wildman–Crippen MR) is 123 cm³/mol. The summed E-state index contributed by atoms with van der Waals surface area (Å²) in [6.45, 7) is 10.2. The van der Waals surface area contributed by atoms with Gasteiger partial charge >= 0.3 is 23.9 Å². The van der Waals surface area contributed by atoms with Crippen LogP contribution in [0.3, 0.4) is 0 Å². The van der Waals surface area contributed by atoms with E-state index in [2.05, 4.69) is 12.5 Å². The third-order valence-corrected chi connectivity index (χ3v) is 4.80. The molecule has 0 N–H and O–H groups in total. The van der Waals surface area contributed by atoms with Gasteiger partial charge in [-0.2, -0.15) is 0 Å². The van der Waals surface area contributed by atoms with Crippen molar-refractivity contribution in [3.63, 3.8) is 0 Å². The average Bonchev–Trinajstić information content (AvgIpc) is 2.75. The molecule has 0 bridgehead atoms. The van der Waals surface area contributed by atoms with Gasteiger partial charge in [-0.3, -0.25) is 19.2 Å². The highest BCUT2D eigenvalue weighted by Gasteiger charge is 2.49. The molecule has 8 nitrogen and oxygen atoms in total. The molecule has 0 fully saturated rings. The zero-order valence-electron chi connectivity index (χ0n) is 19.7. The van der Waals surface area contributed by atoms with E-state index in [0.29, 0.717) is 0 Å². The Morgan fingerprint density at radius 3 is 1.42 bits per heavy atom. The van der Waals surface area contributed by atoms with E-state index in [0.717, 1.165) is 0 Å². The quantitative estimate of drug-likeness (QED) is 0.114. The number of rotatable bonds is 15. The van der Waals surface area contributed by atoms with Gasteiger partial charge in [-0.1, -0.05) is 30.3 Å². The lowest BCUT2D eigenvalue weighted by Crippen LogP contribution is -2.42. The van der Waals surface area contributed by atoms with Crippen molar-refractivity contribution in [1.29, 1.82) is 0 Å². The molecule has 0 aliphatic rings. The molecule has 0 radical (unpaired) electrons. The van der Waals surface area contributed by atoms with Crippen LogP contribution in [0.5, 0.6) is 0 Å². The Hall–Kier alpha value is -2.79. The first-order chi connectivity index (χ1) is 15.6. The molecule has 0 unspecified atom stereocenters. The van der Waals surface area contributed by atoms with Crippen molar-refractivity contribution >= 4 is 35.5 Å². The van der Waals surface area contributed by atoms with Crippen molar-refractivity contribution in [3.8, 4) is 12.3 Å². The van der Waals surface area contributed by atoms with E-state index < -0.39 is 34.7 Å². The highest BCUT2D eigenvalue weighted by atomic mass is 35.5. The molecular formula is C24H33ClO8. The van der Waals surface area contributed by atoms with Gasteiger partial charge in [0.25, 0.3) is 0 Å². The average molecular weight is 485 g/mol. The Balaban J connectivity index is 6.15. The number of hydrogen-bond acceptors (Lipinski definition) is 8. The second-order valence-corrected chi connectivity index (χ2v) is 7.54. The lowest BCUT2D eigenvalue weighted by atomic mass is 9.78. The van der Waals surface area contributed by atoms with Gasteiger partial charge in [-0.15, -0.1) is 12.3 Å². The molecule has 9 heteroatoms. The van der Waals surface area contributed by atoms with Gasteiger partial charge in [0.1, 0.15) is 0 Å². The topological polar surface area (TPSA) is 105 Å². The molecule has 0 amide bonds. The lowest BCUT2D eigenvalue weighted by molar-refractivity contribution is -0.173. The fourth-order valence-electron chi connectivity index (χ4n) is 3.08. The number of esters is 4. The maximum Gasteiger partial charge on any atom is 0.324 e. The van der Waals surface area contributed by atoms with Crippen molar-refractivity contribution in [2.45, 2.75) is 53.4 Å². The van der Waals surface area contributed by atoms with Gasteiger partial charge < -0.3 is 18.9 Å². The largest absolute Gasteiger partial charge is 0.465 e. The summed E-state index contributed by atoms with van der Waals surface area (Å²) in [6.07, 6.45) is 7.54. The van der Waals surface area contributed by atoms with Crippen LogP contribution >= 0.6 is 11.6 Å². The first-order valence-electron chi connectivity index (χ1n) is 10.7. The van der Waals surface area contributed by atoms with E-state index in [1.807, 2.05) is 0 Å². The number of terminal acetylenes is 1. The highest BCUT2D eigenvalue weighted by molar-refractivity contribution is 6.29. The van der Waals surface area contributed by atoms with Gasteiger partial charge in [0.15, 0.2) is 10.8 Å². The number of carbonyl (C=O) groups excluding carboxylic acids is 4. The van der Waals surface area contributed by atoms with Crippen LogP contribution in [-0.2, 0) is 38.1 Å². The summed E-state index contributed by atoms with van der Waals surface area (Å²) in [5, 5.41) is 0.0595. The molecular weight excluding hydrogens is 452 g/mol. The van der Waals surface area contributed by atoms with Crippen molar-refractivity contribution in [2.75, 3.05) is 26.4 Å². The minimum atomic E-state index is -1.77. The van der Waals surface area contributed by atoms with Crippen LogP contribution in [0, 0.1) is 23.2 Å². The number of hydrogen-bond donors (Lipinski definition) is 0. The zero-order valence-corrected chi connectivity index (χ0v) is 20.5. The second-order valence-electron chi connectivity index (χ2n) is 7.00. The molecule has 0 aliphatic heterocycles. The van der Waals surface area contributed by atoms with Crippen molar-refractivity contribution in [2.24, 2.45) is 10.8 Å². The monoisotopic (exact) mass is 484 g/mol. The Kier molecular flexibility index (Phi) is 13.8. The number of carbonyl (C=O) groups is 4. The van der Waals surface area contributed by atoms with E-state index in [4.69, 9.17) is 37.0 Å². The Labute approximate surface area is 200 Å². The van der Waals surface area contributed by atoms with Gasteiger partial charge in [0.05, 0.1) is 26.4 Å². The fourth-order valence-corrected chi connectivity index (χ4v) is 3.31. The molecule has 0 aromatic rings. The molecule has 0 rings (SSSR count). The van der Waals surface area contributed by atoms with Crippen LogP contribution in [0.2, 0.25) is 0 Å². The number of halogens is 1. The Morgan fingerprint density at radius 1 is 0.788 bits per heavy atom. The van der Waals surface area contributed by atoms with E-state index >= 15 is 0 Å². The normalized spacial score (nSPS) is 11.4. The van der Waals surface area contributed by atoms with Crippen molar-refractivity contribution in [1.82, 2.24) is 0 Å². The highest BCUT2D eigenvalue weighted by Crippen LogP contribution is 2.36. The van der Waals surface area contributed by atoms with E-state index in [9.17, 15) is 19.2 Å². The summed E-state index contributed by atoms with van der Waals surface area (Å²) in [6, 6.07) is 0. The molecule has 0 heterocycles. The van der Waals surface area contributed by atoms with Crippen molar-refractivity contribution < 1.29 is 38.1 Å². The van der Waals surface area contributed by atoms with Gasteiger partial charge in [-0.25, -0.2) is 0 Å². The number of ether oxygens (including phenoxy) is 4. The van der Waals surface area contributed by atoms with E-state index in [1.165, 1.54) is 12.2 Å². The van der Waals surface area contributed by atoms with Crippen LogP contribution in [0.25, 0.3) is 0 Å². The summed E-state index contributed by atoms with van der Waals surface area (Å²) in [5.41, 5.74) is -3.53. The molecule has 0 aromatic carbocycles. The fraction of sp³-hybridized carbons (Fsp3) is 0.583. The summed E-state index contributed by atoms with van der Waals surface area (Å²) in [5.74, 6) is -0.945. The molecule has 0 saturated carbocycles. The van der Waals surface area contributed by atoms with Crippen LogP contribution in [0.4, 0.5) is 0 Å². The van der Waals surface area contributed by atoms with Crippen LogP contribution in [-0.4, -0.2) is 50.3 Å². The molecule has 33 heavy (non-hydrogen) atoms. The predicted octanol–water partition coefficient (Wildman–Crippen LogP) is 3.71. The first-order valence-corrected chi connectivity index (χ1v) is 11.1. The van der Waals surface area contributed by atoms with Gasteiger partial charge in [0.2, 0.25) is 0 Å². The number of allylic oxidation sites excluding steroid dienone is 3. The van der Waals surface area contributed by atoms with Gasteiger partial charge in [0, 0.05) is 17.9 Å². The molecule has 0 saturated heterocycles.